The number of ether oxygens (including phenoxy) is 4. The fraction of sp³-hybridized carbons (Fsp3) is 0.407. The lowest BCUT2D eigenvalue weighted by Gasteiger charge is -2.33. The van der Waals surface area contributed by atoms with Crippen molar-refractivity contribution in [2.24, 2.45) is 0 Å². The van der Waals surface area contributed by atoms with E-state index in [2.05, 4.69) is 11.8 Å². The second-order valence-corrected chi connectivity index (χ2v) is 7.66. The zero-order valence-corrected chi connectivity index (χ0v) is 19.5. The molecule has 1 aliphatic carbocycles. The van der Waals surface area contributed by atoms with Crippen molar-refractivity contribution in [1.29, 1.82) is 0 Å². The maximum absolute atomic E-state index is 11.0. The molecule has 5 heteroatoms. The fourth-order valence-corrected chi connectivity index (χ4v) is 4.21. The summed E-state index contributed by atoms with van der Waals surface area (Å²) in [6, 6.07) is 12.0. The molecule has 1 N–H and O–H groups in total. The van der Waals surface area contributed by atoms with Gasteiger partial charge in [0.05, 0.1) is 26.9 Å². The minimum Gasteiger partial charge on any atom is -0.498 e. The molecular formula is C27H32O5. The van der Waals surface area contributed by atoms with E-state index < -0.39 is 18.3 Å². The summed E-state index contributed by atoms with van der Waals surface area (Å²) in [5.74, 6) is 7.36. The number of fused-ring (bicyclic) bond motifs is 1. The Morgan fingerprint density at radius 2 is 1.84 bits per heavy atom. The Morgan fingerprint density at radius 1 is 1.09 bits per heavy atom. The summed E-state index contributed by atoms with van der Waals surface area (Å²) in [6.07, 6.45) is 1.81. The Morgan fingerprint density at radius 3 is 2.44 bits per heavy atom. The summed E-state index contributed by atoms with van der Waals surface area (Å²) in [7, 11) is 4.89. The SMILES string of the molecule is CC#Cc1cc2c(c(OC)c1C(O)CCC)C(OCc1ccccc1)C=C(OC)C2OC. The summed E-state index contributed by atoms with van der Waals surface area (Å²) < 4.78 is 23.7. The number of aliphatic hydroxyl groups excluding tert-OH is 1. The van der Waals surface area contributed by atoms with Crippen molar-refractivity contribution in [1.82, 2.24) is 0 Å². The lowest BCUT2D eigenvalue weighted by molar-refractivity contribution is 0.0358. The van der Waals surface area contributed by atoms with Crippen LogP contribution in [0.15, 0.2) is 48.2 Å². The van der Waals surface area contributed by atoms with Gasteiger partial charge in [0.2, 0.25) is 0 Å². The molecule has 5 nitrogen and oxygen atoms in total. The Hall–Kier alpha value is -2.78. The van der Waals surface area contributed by atoms with Gasteiger partial charge in [-0.15, -0.1) is 5.92 Å². The summed E-state index contributed by atoms with van der Waals surface area (Å²) in [4.78, 5) is 0. The maximum Gasteiger partial charge on any atom is 0.139 e. The van der Waals surface area contributed by atoms with E-state index in [0.29, 0.717) is 30.1 Å². The van der Waals surface area contributed by atoms with Crippen molar-refractivity contribution in [3.8, 4) is 17.6 Å². The highest BCUT2D eigenvalue weighted by Crippen LogP contribution is 2.48. The van der Waals surface area contributed by atoms with E-state index >= 15 is 0 Å². The molecule has 3 rings (SSSR count). The number of benzene rings is 2. The van der Waals surface area contributed by atoms with Crippen LogP contribution in [0.1, 0.15) is 72.8 Å². The molecule has 0 amide bonds. The molecule has 3 unspecified atom stereocenters. The van der Waals surface area contributed by atoms with E-state index in [0.717, 1.165) is 28.7 Å². The molecule has 3 atom stereocenters. The normalized spacial score (nSPS) is 18.1. The first-order valence-corrected chi connectivity index (χ1v) is 10.9. The number of rotatable bonds is 9. The molecule has 0 fully saturated rings. The average Bonchev–Trinajstić information content (AvgIpc) is 2.82. The van der Waals surface area contributed by atoms with Gasteiger partial charge in [0, 0.05) is 23.8 Å². The van der Waals surface area contributed by atoms with Crippen LogP contribution < -0.4 is 4.74 Å². The van der Waals surface area contributed by atoms with Gasteiger partial charge >= 0.3 is 0 Å². The van der Waals surface area contributed by atoms with Crippen molar-refractivity contribution < 1.29 is 24.1 Å². The van der Waals surface area contributed by atoms with E-state index in [1.807, 2.05) is 49.4 Å². The van der Waals surface area contributed by atoms with E-state index in [9.17, 15) is 5.11 Å². The largest absolute Gasteiger partial charge is 0.498 e. The molecule has 170 valence electrons. The maximum atomic E-state index is 11.0. The van der Waals surface area contributed by atoms with Crippen LogP contribution in [-0.2, 0) is 20.8 Å². The summed E-state index contributed by atoms with van der Waals surface area (Å²) in [5, 5.41) is 11.0. The summed E-state index contributed by atoms with van der Waals surface area (Å²) >= 11 is 0. The highest BCUT2D eigenvalue weighted by molar-refractivity contribution is 5.61. The van der Waals surface area contributed by atoms with Crippen LogP contribution in [0.25, 0.3) is 0 Å². The molecule has 0 radical (unpaired) electrons. The Labute approximate surface area is 191 Å². The Bertz CT molecular complexity index is 1000. The Kier molecular flexibility index (Phi) is 8.35. The van der Waals surface area contributed by atoms with Crippen LogP contribution in [0.3, 0.4) is 0 Å². The zero-order valence-electron chi connectivity index (χ0n) is 19.5. The molecule has 0 bridgehead atoms. The van der Waals surface area contributed by atoms with Gasteiger partial charge in [0.25, 0.3) is 0 Å². The number of methoxy groups -OCH3 is 3. The topological polar surface area (TPSA) is 57.2 Å². The predicted octanol–water partition coefficient (Wildman–Crippen LogP) is 5.39. The van der Waals surface area contributed by atoms with Crippen molar-refractivity contribution in [2.75, 3.05) is 21.3 Å². The molecular weight excluding hydrogens is 404 g/mol. The van der Waals surface area contributed by atoms with Crippen molar-refractivity contribution in [3.05, 3.63) is 76.1 Å². The first-order valence-electron chi connectivity index (χ1n) is 10.9. The van der Waals surface area contributed by atoms with Crippen molar-refractivity contribution in [2.45, 2.75) is 51.6 Å². The molecule has 2 aromatic rings. The molecule has 0 spiro atoms. The van der Waals surface area contributed by atoms with Gasteiger partial charge in [-0.1, -0.05) is 49.6 Å². The summed E-state index contributed by atoms with van der Waals surface area (Å²) in [5.41, 5.74) is 4.19. The first-order chi connectivity index (χ1) is 15.6. The molecule has 0 aromatic heterocycles. The minimum absolute atomic E-state index is 0.419. The van der Waals surface area contributed by atoms with Gasteiger partial charge in [-0.25, -0.2) is 0 Å². The van der Waals surface area contributed by atoms with Gasteiger partial charge in [0.15, 0.2) is 0 Å². The lowest BCUT2D eigenvalue weighted by atomic mass is 9.84. The molecule has 2 aromatic carbocycles. The molecule has 0 saturated heterocycles. The van der Waals surface area contributed by atoms with E-state index in [-0.39, 0.29) is 0 Å². The third kappa shape index (κ3) is 4.83. The predicted molar refractivity (Wildman–Crippen MR) is 124 cm³/mol. The van der Waals surface area contributed by atoms with E-state index in [1.165, 1.54) is 0 Å². The summed E-state index contributed by atoms with van der Waals surface area (Å²) in [6.45, 7) is 4.24. The second kappa shape index (κ2) is 11.2. The van der Waals surface area contributed by atoms with Crippen LogP contribution in [0.4, 0.5) is 0 Å². The van der Waals surface area contributed by atoms with Gasteiger partial charge in [-0.2, -0.15) is 0 Å². The van der Waals surface area contributed by atoms with Gasteiger partial charge in [0.1, 0.15) is 23.7 Å². The van der Waals surface area contributed by atoms with E-state index in [4.69, 9.17) is 18.9 Å². The quantitative estimate of drug-likeness (QED) is 0.534. The van der Waals surface area contributed by atoms with Gasteiger partial charge in [-0.05, 0) is 36.6 Å². The zero-order chi connectivity index (χ0) is 23.1. The van der Waals surface area contributed by atoms with E-state index in [1.54, 1.807) is 28.3 Å². The van der Waals surface area contributed by atoms with Crippen LogP contribution in [0.2, 0.25) is 0 Å². The number of hydrogen-bond acceptors (Lipinski definition) is 5. The minimum atomic E-state index is -0.695. The molecule has 0 saturated carbocycles. The number of aliphatic hydroxyl groups is 1. The molecule has 1 aliphatic rings. The smallest absolute Gasteiger partial charge is 0.139 e. The standard InChI is InChI=1S/C27H32O5/c1-6-11-19-15-20-25(27(31-5)24(19)21(28)12-7-2)22(16-23(29-3)26(20)30-4)32-17-18-13-9-8-10-14-18/h8-10,13-16,21-22,26,28H,7,12,17H2,1-5H3. The lowest BCUT2D eigenvalue weighted by Crippen LogP contribution is -2.21. The highest BCUT2D eigenvalue weighted by atomic mass is 16.5. The van der Waals surface area contributed by atoms with Crippen LogP contribution >= 0.6 is 0 Å². The van der Waals surface area contributed by atoms with Crippen molar-refractivity contribution in [3.63, 3.8) is 0 Å². The molecule has 0 heterocycles. The second-order valence-electron chi connectivity index (χ2n) is 7.66. The van der Waals surface area contributed by atoms with Gasteiger partial charge in [-0.3, -0.25) is 0 Å². The monoisotopic (exact) mass is 436 g/mol. The molecule has 32 heavy (non-hydrogen) atoms. The molecule has 0 aliphatic heterocycles. The van der Waals surface area contributed by atoms with Crippen molar-refractivity contribution >= 4 is 0 Å². The third-order valence-corrected chi connectivity index (χ3v) is 5.63. The van der Waals surface area contributed by atoms with Crippen LogP contribution in [-0.4, -0.2) is 26.4 Å². The number of hydrogen-bond donors (Lipinski definition) is 1. The average molecular weight is 437 g/mol. The Balaban J connectivity index is 2.19. The first kappa shape index (κ1) is 23.9. The van der Waals surface area contributed by atoms with Crippen LogP contribution in [0.5, 0.6) is 5.75 Å². The highest BCUT2D eigenvalue weighted by Gasteiger charge is 2.36. The fourth-order valence-electron chi connectivity index (χ4n) is 4.21. The van der Waals surface area contributed by atoms with Gasteiger partial charge < -0.3 is 24.1 Å². The third-order valence-electron chi connectivity index (χ3n) is 5.63. The van der Waals surface area contributed by atoms with Crippen LogP contribution in [0, 0.1) is 11.8 Å².